The second kappa shape index (κ2) is 10.5. The highest BCUT2D eigenvalue weighted by Gasteiger charge is 2.17. The summed E-state index contributed by atoms with van der Waals surface area (Å²) < 4.78 is 6.32. The lowest BCUT2D eigenvalue weighted by Crippen LogP contribution is -2.00. The quantitative estimate of drug-likeness (QED) is 0.213. The zero-order valence-electron chi connectivity index (χ0n) is 23.1. The highest BCUT2D eigenvalue weighted by molar-refractivity contribution is 5.98. The van der Waals surface area contributed by atoms with Gasteiger partial charge in [0.05, 0.1) is 0 Å². The fraction of sp³-hybridized carbons (Fsp3) is 0. The van der Waals surface area contributed by atoms with Gasteiger partial charge in [0.15, 0.2) is 23.1 Å². The third-order valence-corrected chi connectivity index (χ3v) is 7.57. The lowest BCUT2D eigenvalue weighted by Gasteiger charge is -2.09. The molecule has 0 atom stereocenters. The molecule has 5 nitrogen and oxygen atoms in total. The number of para-hydroxylation sites is 1. The van der Waals surface area contributed by atoms with E-state index in [-0.39, 0.29) is 0 Å². The molecule has 0 aliphatic rings. The number of aromatic nitrogens is 4. The fourth-order valence-corrected chi connectivity index (χ4v) is 5.47. The van der Waals surface area contributed by atoms with Crippen LogP contribution < -0.4 is 0 Å². The first-order valence-electron chi connectivity index (χ1n) is 14.2. The molecule has 2 heterocycles. The minimum atomic E-state index is 0.605. The lowest BCUT2D eigenvalue weighted by molar-refractivity contribution is 0.620. The molecule has 6 aromatic carbocycles. The van der Waals surface area contributed by atoms with Crippen molar-refractivity contribution in [3.63, 3.8) is 0 Å². The maximum absolute atomic E-state index is 6.32. The molecule has 0 unspecified atom stereocenters. The van der Waals surface area contributed by atoms with Crippen LogP contribution >= 0.6 is 0 Å². The predicted molar refractivity (Wildman–Crippen MR) is 172 cm³/mol. The number of hydrogen-bond donors (Lipinski definition) is 0. The van der Waals surface area contributed by atoms with Crippen molar-refractivity contribution in [2.45, 2.75) is 0 Å². The molecule has 8 rings (SSSR count). The van der Waals surface area contributed by atoms with Crippen molar-refractivity contribution in [1.82, 2.24) is 19.9 Å². The van der Waals surface area contributed by atoms with Gasteiger partial charge in [-0.15, -0.1) is 0 Å². The average molecular weight is 553 g/mol. The van der Waals surface area contributed by atoms with Crippen LogP contribution in [-0.4, -0.2) is 19.9 Å². The van der Waals surface area contributed by atoms with Gasteiger partial charge in [-0.2, -0.15) is 0 Å². The number of oxazole rings is 1. The summed E-state index contributed by atoms with van der Waals surface area (Å²) in [4.78, 5) is 19.7. The molecule has 0 saturated carbocycles. The highest BCUT2D eigenvalue weighted by Crippen LogP contribution is 2.36. The Morgan fingerprint density at radius 3 is 1.67 bits per heavy atom. The Kier molecular flexibility index (Phi) is 6.05. The molecular weight excluding hydrogens is 528 g/mol. The normalized spacial score (nSPS) is 11.3. The van der Waals surface area contributed by atoms with E-state index in [1.54, 1.807) is 0 Å². The summed E-state index contributed by atoms with van der Waals surface area (Å²) >= 11 is 0. The summed E-state index contributed by atoms with van der Waals surface area (Å²) in [5, 5.41) is 2.26. The largest absolute Gasteiger partial charge is 0.436 e. The van der Waals surface area contributed by atoms with Crippen LogP contribution in [0.5, 0.6) is 0 Å². The van der Waals surface area contributed by atoms with Crippen molar-refractivity contribution in [2.75, 3.05) is 0 Å². The van der Waals surface area contributed by atoms with Gasteiger partial charge in [0.2, 0.25) is 5.89 Å². The summed E-state index contributed by atoms with van der Waals surface area (Å²) in [5.74, 6) is 2.48. The summed E-state index contributed by atoms with van der Waals surface area (Å²) in [5.41, 5.74) is 7.28. The van der Waals surface area contributed by atoms with Crippen molar-refractivity contribution >= 4 is 21.9 Å². The van der Waals surface area contributed by atoms with E-state index in [1.165, 1.54) is 0 Å². The standard InChI is InChI=1S/C38H24N4O/c1-3-13-26(14-4-1)35-40-36(27-15-5-2-6-16-27)42-37(41-35)29-19-9-18-28(24-29)31-21-11-23-33-34(31)39-38(43-33)32-22-10-17-25-12-7-8-20-30(25)32/h1-24H. The molecule has 0 bridgehead atoms. The minimum Gasteiger partial charge on any atom is -0.436 e. The molecule has 0 saturated heterocycles. The maximum Gasteiger partial charge on any atom is 0.227 e. The maximum atomic E-state index is 6.32. The topological polar surface area (TPSA) is 64.7 Å². The number of rotatable bonds is 5. The van der Waals surface area contributed by atoms with Gasteiger partial charge < -0.3 is 4.42 Å². The second-order valence-electron chi connectivity index (χ2n) is 10.3. The average Bonchev–Trinajstić information content (AvgIpc) is 3.53. The zero-order chi connectivity index (χ0) is 28.6. The van der Waals surface area contributed by atoms with Crippen LogP contribution in [0.4, 0.5) is 0 Å². The van der Waals surface area contributed by atoms with Crippen LogP contribution in [-0.2, 0) is 0 Å². The van der Waals surface area contributed by atoms with E-state index >= 15 is 0 Å². The van der Waals surface area contributed by atoms with Gasteiger partial charge in [0, 0.05) is 27.8 Å². The number of hydrogen-bond acceptors (Lipinski definition) is 5. The second-order valence-corrected chi connectivity index (χ2v) is 10.3. The molecule has 202 valence electrons. The van der Waals surface area contributed by atoms with E-state index in [0.717, 1.165) is 55.3 Å². The van der Waals surface area contributed by atoms with Crippen molar-refractivity contribution in [3.8, 4) is 56.7 Å². The summed E-state index contributed by atoms with van der Waals surface area (Å²) in [7, 11) is 0. The molecule has 5 heteroatoms. The number of fused-ring (bicyclic) bond motifs is 2. The van der Waals surface area contributed by atoms with Gasteiger partial charge in [-0.3, -0.25) is 0 Å². The van der Waals surface area contributed by atoms with E-state index in [0.29, 0.717) is 23.4 Å². The van der Waals surface area contributed by atoms with Gasteiger partial charge in [-0.1, -0.05) is 127 Å². The van der Waals surface area contributed by atoms with Gasteiger partial charge in [0.25, 0.3) is 0 Å². The molecule has 0 aliphatic heterocycles. The zero-order valence-corrected chi connectivity index (χ0v) is 23.1. The van der Waals surface area contributed by atoms with Crippen LogP contribution in [0.25, 0.3) is 78.6 Å². The third kappa shape index (κ3) is 4.63. The van der Waals surface area contributed by atoms with Gasteiger partial charge in [-0.25, -0.2) is 19.9 Å². The molecule has 2 aromatic heterocycles. The van der Waals surface area contributed by atoms with Gasteiger partial charge >= 0.3 is 0 Å². The van der Waals surface area contributed by atoms with Crippen LogP contribution in [0.3, 0.4) is 0 Å². The summed E-state index contributed by atoms with van der Waals surface area (Å²) in [6, 6.07) is 48.8. The number of nitrogens with zero attached hydrogens (tertiary/aromatic N) is 4. The predicted octanol–water partition coefficient (Wildman–Crippen LogP) is 9.50. The van der Waals surface area contributed by atoms with Crippen molar-refractivity contribution in [2.24, 2.45) is 0 Å². The Hall–Kier alpha value is -5.94. The Morgan fingerprint density at radius 1 is 0.395 bits per heavy atom. The number of benzene rings is 6. The molecule has 0 aliphatic carbocycles. The molecule has 0 spiro atoms. The van der Waals surface area contributed by atoms with Crippen molar-refractivity contribution < 1.29 is 4.42 Å². The summed E-state index contributed by atoms with van der Waals surface area (Å²) in [6.45, 7) is 0. The van der Waals surface area contributed by atoms with E-state index < -0.39 is 0 Å². The van der Waals surface area contributed by atoms with Gasteiger partial charge in [0.1, 0.15) is 5.52 Å². The van der Waals surface area contributed by atoms with Crippen molar-refractivity contribution in [3.05, 3.63) is 146 Å². The Morgan fingerprint density at radius 2 is 0.930 bits per heavy atom. The van der Waals surface area contributed by atoms with Crippen molar-refractivity contribution in [1.29, 1.82) is 0 Å². The van der Waals surface area contributed by atoms with Crippen LogP contribution in [0.2, 0.25) is 0 Å². The monoisotopic (exact) mass is 552 g/mol. The van der Waals surface area contributed by atoms with E-state index in [2.05, 4.69) is 42.5 Å². The lowest BCUT2D eigenvalue weighted by atomic mass is 10.0. The first-order valence-corrected chi connectivity index (χ1v) is 14.2. The van der Waals surface area contributed by atoms with Crippen LogP contribution in [0.1, 0.15) is 0 Å². The third-order valence-electron chi connectivity index (χ3n) is 7.57. The first kappa shape index (κ1) is 24.8. The fourth-order valence-electron chi connectivity index (χ4n) is 5.47. The highest BCUT2D eigenvalue weighted by atomic mass is 16.3. The Labute approximate surface area is 248 Å². The first-order chi connectivity index (χ1) is 21.3. The summed E-state index contributed by atoms with van der Waals surface area (Å²) in [6.07, 6.45) is 0. The molecule has 0 fully saturated rings. The molecule has 0 N–H and O–H groups in total. The van der Waals surface area contributed by atoms with E-state index in [4.69, 9.17) is 24.4 Å². The SMILES string of the molecule is c1ccc(-c2nc(-c3ccccc3)nc(-c3cccc(-c4cccc5oc(-c6cccc7ccccc67)nc45)c3)n2)cc1. The van der Waals surface area contributed by atoms with Crippen LogP contribution in [0.15, 0.2) is 150 Å². The molecule has 8 aromatic rings. The van der Waals surface area contributed by atoms with E-state index in [1.807, 2.05) is 103 Å². The molecular formula is C38H24N4O. The molecule has 0 amide bonds. The molecule has 0 radical (unpaired) electrons. The molecule has 43 heavy (non-hydrogen) atoms. The van der Waals surface area contributed by atoms with E-state index in [9.17, 15) is 0 Å². The van der Waals surface area contributed by atoms with Gasteiger partial charge in [-0.05, 0) is 34.5 Å². The smallest absolute Gasteiger partial charge is 0.227 e. The minimum absolute atomic E-state index is 0.605. The Balaban J connectivity index is 1.25. The Bertz CT molecular complexity index is 2180. The van der Waals surface area contributed by atoms with Crippen LogP contribution in [0, 0.1) is 0 Å².